The van der Waals surface area contributed by atoms with Crippen molar-refractivity contribution in [2.24, 2.45) is 11.8 Å². The molecule has 11 heteroatoms. The van der Waals surface area contributed by atoms with E-state index in [9.17, 15) is 19.1 Å². The largest absolute Gasteiger partial charge is 0.394 e. The van der Waals surface area contributed by atoms with Gasteiger partial charge in [0.1, 0.15) is 5.82 Å². The highest BCUT2D eigenvalue weighted by atomic mass is 35.5. The van der Waals surface area contributed by atoms with Crippen LogP contribution in [0.15, 0.2) is 48.7 Å². The maximum atomic E-state index is 14.4. The van der Waals surface area contributed by atoms with Gasteiger partial charge in [0.05, 0.1) is 29.0 Å². The van der Waals surface area contributed by atoms with E-state index in [0.29, 0.717) is 39.2 Å². The number of aliphatic hydroxyl groups excluding tert-OH is 2. The molecule has 0 radical (unpaired) electrons. The van der Waals surface area contributed by atoms with Gasteiger partial charge in [-0.15, -0.1) is 0 Å². The molecule has 1 aliphatic carbocycles. The molecule has 4 N–H and O–H groups in total. The summed E-state index contributed by atoms with van der Waals surface area (Å²) in [5.41, 5.74) is 1.88. The highest BCUT2D eigenvalue weighted by Crippen LogP contribution is 2.48. The molecule has 198 valence electrons. The summed E-state index contributed by atoms with van der Waals surface area (Å²) < 4.78 is 14.4. The van der Waals surface area contributed by atoms with Gasteiger partial charge in [0.25, 0.3) is 11.8 Å². The summed E-state index contributed by atoms with van der Waals surface area (Å²) >= 11 is 12.6. The van der Waals surface area contributed by atoms with Gasteiger partial charge in [-0.05, 0) is 54.7 Å². The molecule has 38 heavy (non-hydrogen) atoms. The molecule has 2 aliphatic rings. The number of hydrogen-bond acceptors (Lipinski definition) is 6. The maximum Gasteiger partial charge on any atom is 0.261 e. The zero-order valence-electron chi connectivity index (χ0n) is 20.1. The van der Waals surface area contributed by atoms with Crippen molar-refractivity contribution in [3.63, 3.8) is 0 Å². The van der Waals surface area contributed by atoms with E-state index >= 15 is 0 Å². The molecular weight excluding hydrogens is 534 g/mol. The number of aromatic nitrogens is 1. The molecule has 1 saturated carbocycles. The molecule has 3 atom stereocenters. The number of amides is 2. The van der Waals surface area contributed by atoms with Gasteiger partial charge in [-0.1, -0.05) is 29.3 Å². The predicted octanol–water partition coefficient (Wildman–Crippen LogP) is 3.99. The number of rotatable bonds is 8. The average Bonchev–Trinajstić information content (AvgIpc) is 3.51. The molecule has 8 nitrogen and oxygen atoms in total. The van der Waals surface area contributed by atoms with Crippen LogP contribution in [0.25, 0.3) is 11.1 Å². The van der Waals surface area contributed by atoms with E-state index in [1.54, 1.807) is 18.2 Å². The third kappa shape index (κ3) is 5.47. The Morgan fingerprint density at radius 3 is 2.58 bits per heavy atom. The first-order valence-corrected chi connectivity index (χ1v) is 12.9. The summed E-state index contributed by atoms with van der Waals surface area (Å²) in [7, 11) is 0. The van der Waals surface area contributed by atoms with Crippen LogP contribution in [0.1, 0.15) is 27.1 Å². The number of pyridine rings is 1. The summed E-state index contributed by atoms with van der Waals surface area (Å²) in [5.74, 6) is -0.429. The second-order valence-corrected chi connectivity index (χ2v) is 10.4. The number of benzene rings is 2. The summed E-state index contributed by atoms with van der Waals surface area (Å²) in [5, 5.41) is 24.2. The standard InChI is InChI=1S/C27H25Cl2FN4O4/c28-20-5-4-14(26(37)32-10-18(36)13-35)7-19(20)15-8-23(34-11-16-6-17(16)12-34)25(31-9-15)33-27(38)24-21(29)2-1-3-22(24)30/h1-5,7-9,16-18,35-36H,6,10-13H2,(H,32,37)(H,31,33,38). The Kier molecular flexibility index (Phi) is 7.54. The van der Waals surface area contributed by atoms with E-state index in [0.717, 1.165) is 13.1 Å². The SMILES string of the molecule is O=C(NCC(O)CO)c1ccc(Cl)c(-c2cnc(NC(=O)c3c(F)cccc3Cl)c(N3CC4CC4C3)c2)c1. The lowest BCUT2D eigenvalue weighted by Crippen LogP contribution is -2.33. The van der Waals surface area contributed by atoms with Gasteiger partial charge in [-0.2, -0.15) is 0 Å². The van der Waals surface area contributed by atoms with E-state index in [4.69, 9.17) is 28.3 Å². The molecule has 3 unspecified atom stereocenters. The normalized spacial score (nSPS) is 18.6. The van der Waals surface area contributed by atoms with Crippen molar-refractivity contribution in [2.75, 3.05) is 36.5 Å². The van der Waals surface area contributed by atoms with Crippen molar-refractivity contribution in [3.8, 4) is 11.1 Å². The fraction of sp³-hybridized carbons (Fsp3) is 0.296. The molecule has 2 aromatic carbocycles. The third-order valence-electron chi connectivity index (χ3n) is 6.86. The fourth-order valence-electron chi connectivity index (χ4n) is 4.68. The summed E-state index contributed by atoms with van der Waals surface area (Å²) in [6.07, 6.45) is 1.63. The molecular formula is C27H25Cl2FN4O4. The van der Waals surface area contributed by atoms with Crippen molar-refractivity contribution in [2.45, 2.75) is 12.5 Å². The molecule has 5 rings (SSSR count). The Morgan fingerprint density at radius 1 is 1.11 bits per heavy atom. The number of halogens is 3. The van der Waals surface area contributed by atoms with Gasteiger partial charge in [0.2, 0.25) is 0 Å². The topological polar surface area (TPSA) is 115 Å². The van der Waals surface area contributed by atoms with Gasteiger partial charge in [-0.3, -0.25) is 9.59 Å². The van der Waals surface area contributed by atoms with E-state index in [1.807, 2.05) is 6.07 Å². The summed E-state index contributed by atoms with van der Waals surface area (Å²) in [4.78, 5) is 32.2. The fourth-order valence-corrected chi connectivity index (χ4v) is 5.16. The van der Waals surface area contributed by atoms with Crippen LogP contribution >= 0.6 is 23.2 Å². The van der Waals surface area contributed by atoms with Crippen LogP contribution in [0.4, 0.5) is 15.9 Å². The van der Waals surface area contributed by atoms with Crippen molar-refractivity contribution < 1.29 is 24.2 Å². The van der Waals surface area contributed by atoms with Crippen molar-refractivity contribution >= 4 is 46.5 Å². The average molecular weight is 559 g/mol. The Balaban J connectivity index is 1.47. The Hall–Kier alpha value is -3.24. The second kappa shape index (κ2) is 10.9. The van der Waals surface area contributed by atoms with Crippen molar-refractivity contribution in [1.82, 2.24) is 10.3 Å². The Morgan fingerprint density at radius 2 is 1.87 bits per heavy atom. The Bertz CT molecular complexity index is 1380. The number of piperidine rings is 1. The van der Waals surface area contributed by atoms with Gasteiger partial charge < -0.3 is 25.7 Å². The van der Waals surface area contributed by atoms with Gasteiger partial charge in [0.15, 0.2) is 5.82 Å². The van der Waals surface area contributed by atoms with Crippen LogP contribution in [0.5, 0.6) is 0 Å². The highest BCUT2D eigenvalue weighted by molar-refractivity contribution is 6.34. The van der Waals surface area contributed by atoms with Gasteiger partial charge >= 0.3 is 0 Å². The smallest absolute Gasteiger partial charge is 0.261 e. The minimum absolute atomic E-state index is 0.00327. The molecule has 2 fully saturated rings. The zero-order valence-corrected chi connectivity index (χ0v) is 21.6. The first-order chi connectivity index (χ1) is 18.2. The molecule has 2 amide bonds. The maximum absolute atomic E-state index is 14.4. The zero-order chi connectivity index (χ0) is 27.0. The van der Waals surface area contributed by atoms with Crippen LogP contribution in [0, 0.1) is 17.7 Å². The first kappa shape index (κ1) is 26.4. The van der Waals surface area contributed by atoms with E-state index < -0.39 is 30.3 Å². The molecule has 2 heterocycles. The minimum Gasteiger partial charge on any atom is -0.394 e. The number of anilines is 2. The highest BCUT2D eigenvalue weighted by Gasteiger charge is 2.45. The molecule has 1 aliphatic heterocycles. The number of aliphatic hydroxyl groups is 2. The second-order valence-electron chi connectivity index (χ2n) is 9.54. The number of fused-ring (bicyclic) bond motifs is 1. The lowest BCUT2D eigenvalue weighted by atomic mass is 10.0. The molecule has 3 aromatic rings. The van der Waals surface area contributed by atoms with Crippen molar-refractivity contribution in [3.05, 3.63) is 75.7 Å². The van der Waals surface area contributed by atoms with Crippen LogP contribution in [0.2, 0.25) is 10.0 Å². The van der Waals surface area contributed by atoms with Gasteiger partial charge in [0, 0.05) is 47.5 Å². The number of carbonyl (C=O) groups excluding carboxylic acids is 2. The molecule has 0 bridgehead atoms. The van der Waals surface area contributed by atoms with Crippen LogP contribution in [0.3, 0.4) is 0 Å². The van der Waals surface area contributed by atoms with Gasteiger partial charge in [-0.25, -0.2) is 9.37 Å². The number of nitrogens with one attached hydrogen (secondary N) is 2. The first-order valence-electron chi connectivity index (χ1n) is 12.1. The van der Waals surface area contributed by atoms with Crippen LogP contribution < -0.4 is 15.5 Å². The van der Waals surface area contributed by atoms with E-state index in [-0.39, 0.29) is 22.9 Å². The number of nitrogens with zero attached hydrogens (tertiary/aromatic N) is 2. The lowest BCUT2D eigenvalue weighted by molar-refractivity contribution is 0.0802. The quantitative estimate of drug-likeness (QED) is 0.332. The van der Waals surface area contributed by atoms with Crippen molar-refractivity contribution in [1.29, 1.82) is 0 Å². The van der Waals surface area contributed by atoms with Crippen LogP contribution in [-0.4, -0.2) is 59.4 Å². The third-order valence-corrected chi connectivity index (χ3v) is 7.50. The molecule has 1 aromatic heterocycles. The number of hydrogen-bond donors (Lipinski definition) is 4. The summed E-state index contributed by atoms with van der Waals surface area (Å²) in [6, 6.07) is 10.6. The summed E-state index contributed by atoms with van der Waals surface area (Å²) in [6.45, 7) is 1.05. The molecule has 0 spiro atoms. The van der Waals surface area contributed by atoms with E-state index in [2.05, 4.69) is 20.5 Å². The molecule has 1 saturated heterocycles. The predicted molar refractivity (Wildman–Crippen MR) is 143 cm³/mol. The minimum atomic E-state index is -1.06. The lowest BCUT2D eigenvalue weighted by Gasteiger charge is -2.24. The monoisotopic (exact) mass is 558 g/mol. The Labute approximate surface area is 228 Å². The number of carbonyl (C=O) groups is 2. The van der Waals surface area contributed by atoms with Crippen LogP contribution in [-0.2, 0) is 0 Å². The van der Waals surface area contributed by atoms with E-state index in [1.165, 1.54) is 30.8 Å².